The quantitative estimate of drug-likeness (QED) is 0.542. The summed E-state index contributed by atoms with van der Waals surface area (Å²) in [5, 5.41) is 2.87. The van der Waals surface area contributed by atoms with Crippen LogP contribution in [0.5, 0.6) is 11.5 Å². The Kier molecular flexibility index (Phi) is 6.51. The lowest BCUT2D eigenvalue weighted by molar-refractivity contribution is 0.101. The largest absolute Gasteiger partial charge is 0.493 e. The van der Waals surface area contributed by atoms with Gasteiger partial charge in [0.2, 0.25) is 0 Å². The molecule has 30 heavy (non-hydrogen) atoms. The zero-order chi connectivity index (χ0) is 21.7. The first-order valence-corrected chi connectivity index (χ1v) is 9.68. The summed E-state index contributed by atoms with van der Waals surface area (Å²) < 4.78 is 11.2. The molecule has 2 N–H and O–H groups in total. The van der Waals surface area contributed by atoms with Crippen LogP contribution in [0.3, 0.4) is 0 Å². The van der Waals surface area contributed by atoms with Gasteiger partial charge in [0.05, 0.1) is 7.11 Å². The van der Waals surface area contributed by atoms with Gasteiger partial charge in [-0.15, -0.1) is 0 Å². The summed E-state index contributed by atoms with van der Waals surface area (Å²) in [5.74, 6) is 0.684. The first-order valence-electron chi connectivity index (χ1n) is 9.68. The van der Waals surface area contributed by atoms with Crippen molar-refractivity contribution in [2.45, 2.75) is 33.8 Å². The molecule has 3 rings (SSSR count). The van der Waals surface area contributed by atoms with Gasteiger partial charge in [0.25, 0.3) is 5.91 Å². The maximum atomic E-state index is 12.9. The second kappa shape index (κ2) is 9.26. The number of nitrogens with zero attached hydrogens (tertiary/aromatic N) is 1. The molecule has 2 aromatic heterocycles. The zero-order valence-electron chi connectivity index (χ0n) is 17.5. The van der Waals surface area contributed by atoms with Crippen LogP contribution < -0.4 is 14.8 Å². The van der Waals surface area contributed by atoms with Crippen LogP contribution in [0, 0.1) is 6.92 Å². The molecule has 0 aliphatic carbocycles. The van der Waals surface area contributed by atoms with Crippen molar-refractivity contribution in [3.05, 3.63) is 70.8 Å². The minimum absolute atomic E-state index is 0.0600. The molecule has 0 aliphatic heterocycles. The molecule has 0 spiro atoms. The van der Waals surface area contributed by atoms with Gasteiger partial charge in [-0.25, -0.2) is 0 Å². The number of nitrogens with one attached hydrogen (secondary N) is 2. The van der Waals surface area contributed by atoms with E-state index in [0.29, 0.717) is 47.2 Å². The van der Waals surface area contributed by atoms with Crippen LogP contribution in [0.25, 0.3) is 0 Å². The maximum absolute atomic E-state index is 12.9. The Morgan fingerprint density at radius 2 is 2.00 bits per heavy atom. The van der Waals surface area contributed by atoms with Gasteiger partial charge in [-0.05, 0) is 44.0 Å². The summed E-state index contributed by atoms with van der Waals surface area (Å²) in [7, 11) is 1.56. The van der Waals surface area contributed by atoms with Crippen LogP contribution in [0.2, 0.25) is 0 Å². The van der Waals surface area contributed by atoms with Gasteiger partial charge in [-0.2, -0.15) is 0 Å². The Labute approximate surface area is 175 Å². The third-order valence-corrected chi connectivity index (χ3v) is 4.76. The summed E-state index contributed by atoms with van der Waals surface area (Å²) in [6.07, 6.45) is 4.00. The summed E-state index contributed by atoms with van der Waals surface area (Å²) in [4.78, 5) is 32.0. The lowest BCUT2D eigenvalue weighted by Gasteiger charge is -2.13. The number of anilines is 1. The number of hydrogen-bond donors (Lipinski definition) is 2. The molecule has 0 saturated carbocycles. The highest BCUT2D eigenvalue weighted by atomic mass is 16.5. The predicted octanol–water partition coefficient (Wildman–Crippen LogP) is 4.32. The normalized spacial score (nSPS) is 10.5. The summed E-state index contributed by atoms with van der Waals surface area (Å²) >= 11 is 0. The molecule has 0 unspecified atom stereocenters. The molecule has 0 radical (unpaired) electrons. The minimum atomic E-state index is -0.314. The average molecular weight is 407 g/mol. The number of ether oxygens (including phenoxy) is 2. The van der Waals surface area contributed by atoms with E-state index >= 15 is 0 Å². The van der Waals surface area contributed by atoms with Crippen molar-refractivity contribution in [2.24, 2.45) is 0 Å². The maximum Gasteiger partial charge on any atom is 0.272 e. The lowest BCUT2D eigenvalue weighted by Crippen LogP contribution is -2.15. The number of pyridine rings is 1. The number of Topliss-reactive ketones (excluding diaryl/α,β-unsaturated/α-hetero) is 1. The van der Waals surface area contributed by atoms with Gasteiger partial charge < -0.3 is 19.8 Å². The van der Waals surface area contributed by atoms with E-state index in [1.54, 1.807) is 44.6 Å². The highest BCUT2D eigenvalue weighted by Gasteiger charge is 2.22. The predicted molar refractivity (Wildman–Crippen MR) is 114 cm³/mol. The summed E-state index contributed by atoms with van der Waals surface area (Å²) in [5.41, 5.74) is 3.87. The standard InChI is InChI=1S/C23H25N3O4/c1-5-18-21(15(3)27)14(2)25-22(18)23(28)26-17-8-9-19(29-4)20(11-17)30-13-16-7-6-10-24-12-16/h6-12,25H,5,13H2,1-4H3,(H,26,28). The topological polar surface area (TPSA) is 93.3 Å². The number of hydrogen-bond acceptors (Lipinski definition) is 5. The number of carbonyl (C=O) groups is 2. The van der Waals surface area contributed by atoms with Crippen molar-refractivity contribution in [3.8, 4) is 11.5 Å². The molecular formula is C23H25N3O4. The van der Waals surface area contributed by atoms with Crippen LogP contribution in [0.1, 0.15) is 51.5 Å². The fraction of sp³-hybridized carbons (Fsp3) is 0.261. The van der Waals surface area contributed by atoms with E-state index in [1.807, 2.05) is 19.1 Å². The smallest absolute Gasteiger partial charge is 0.272 e. The van der Waals surface area contributed by atoms with Crippen LogP contribution in [0.15, 0.2) is 42.7 Å². The SMILES string of the molecule is CCc1c(C(=O)Nc2ccc(OC)c(OCc3cccnc3)c2)[nH]c(C)c1C(C)=O. The van der Waals surface area contributed by atoms with Crippen molar-refractivity contribution in [2.75, 3.05) is 12.4 Å². The van der Waals surface area contributed by atoms with Crippen molar-refractivity contribution in [3.63, 3.8) is 0 Å². The second-order valence-corrected chi connectivity index (χ2v) is 6.86. The Morgan fingerprint density at radius 1 is 1.20 bits per heavy atom. The van der Waals surface area contributed by atoms with Crippen molar-refractivity contribution in [1.82, 2.24) is 9.97 Å². The molecule has 2 heterocycles. The van der Waals surface area contributed by atoms with E-state index in [9.17, 15) is 9.59 Å². The van der Waals surface area contributed by atoms with Crippen LogP contribution >= 0.6 is 0 Å². The monoisotopic (exact) mass is 407 g/mol. The molecule has 0 bridgehead atoms. The first kappa shape index (κ1) is 21.1. The van der Waals surface area contributed by atoms with Crippen LogP contribution in [0.4, 0.5) is 5.69 Å². The Morgan fingerprint density at radius 3 is 2.63 bits per heavy atom. The number of H-pyrrole nitrogens is 1. The van der Waals surface area contributed by atoms with Gasteiger partial charge in [-0.1, -0.05) is 13.0 Å². The molecule has 1 aromatic carbocycles. The molecule has 3 aromatic rings. The minimum Gasteiger partial charge on any atom is -0.493 e. The molecular weight excluding hydrogens is 382 g/mol. The van der Waals surface area contributed by atoms with Gasteiger partial charge >= 0.3 is 0 Å². The molecule has 7 nitrogen and oxygen atoms in total. The number of amides is 1. The Hall–Kier alpha value is -3.61. The van der Waals surface area contributed by atoms with E-state index in [0.717, 1.165) is 11.1 Å². The lowest BCUT2D eigenvalue weighted by atomic mass is 10.0. The summed E-state index contributed by atoms with van der Waals surface area (Å²) in [6.45, 7) is 5.54. The van der Waals surface area contributed by atoms with Crippen LogP contribution in [-0.4, -0.2) is 28.8 Å². The molecule has 0 aliphatic rings. The van der Waals surface area contributed by atoms with Gasteiger partial charge in [0, 0.05) is 41.0 Å². The Bertz CT molecular complexity index is 1060. The average Bonchev–Trinajstić information content (AvgIpc) is 3.09. The number of aryl methyl sites for hydroxylation is 1. The molecule has 0 fully saturated rings. The number of carbonyl (C=O) groups excluding carboxylic acids is 2. The highest BCUT2D eigenvalue weighted by Crippen LogP contribution is 2.31. The van der Waals surface area contributed by atoms with Crippen molar-refractivity contribution < 1.29 is 19.1 Å². The molecule has 7 heteroatoms. The zero-order valence-corrected chi connectivity index (χ0v) is 17.5. The first-order chi connectivity index (χ1) is 14.4. The fourth-order valence-corrected chi connectivity index (χ4v) is 3.41. The van der Waals surface area contributed by atoms with E-state index in [2.05, 4.69) is 15.3 Å². The highest BCUT2D eigenvalue weighted by molar-refractivity contribution is 6.07. The Balaban J connectivity index is 1.82. The molecule has 1 amide bonds. The van der Waals surface area contributed by atoms with Gasteiger partial charge in [0.1, 0.15) is 12.3 Å². The number of rotatable bonds is 8. The molecule has 156 valence electrons. The van der Waals surface area contributed by atoms with E-state index < -0.39 is 0 Å². The van der Waals surface area contributed by atoms with Crippen molar-refractivity contribution in [1.29, 1.82) is 0 Å². The fourth-order valence-electron chi connectivity index (χ4n) is 3.41. The van der Waals surface area contributed by atoms with Crippen LogP contribution in [-0.2, 0) is 13.0 Å². The van der Waals surface area contributed by atoms with E-state index in [-0.39, 0.29) is 11.7 Å². The number of aromatic nitrogens is 2. The third-order valence-electron chi connectivity index (χ3n) is 4.76. The molecule has 0 saturated heterocycles. The van der Waals surface area contributed by atoms with E-state index in [4.69, 9.17) is 9.47 Å². The number of ketones is 1. The number of aromatic amines is 1. The number of methoxy groups -OCH3 is 1. The molecule has 0 atom stereocenters. The van der Waals surface area contributed by atoms with Crippen molar-refractivity contribution >= 4 is 17.4 Å². The van der Waals surface area contributed by atoms with Gasteiger partial charge in [-0.3, -0.25) is 14.6 Å². The van der Waals surface area contributed by atoms with E-state index in [1.165, 1.54) is 6.92 Å². The third kappa shape index (κ3) is 4.51. The second-order valence-electron chi connectivity index (χ2n) is 6.86. The van der Waals surface area contributed by atoms with Gasteiger partial charge in [0.15, 0.2) is 17.3 Å². The number of benzene rings is 1. The summed E-state index contributed by atoms with van der Waals surface area (Å²) in [6, 6.07) is 8.93.